The van der Waals surface area contributed by atoms with E-state index in [0.29, 0.717) is 30.1 Å². The van der Waals surface area contributed by atoms with E-state index in [2.05, 4.69) is 10.0 Å². The Morgan fingerprint density at radius 1 is 1.04 bits per heavy atom. The molecule has 0 radical (unpaired) electrons. The summed E-state index contributed by atoms with van der Waals surface area (Å²) in [7, 11) is -2.18. The molecule has 1 aliphatic rings. The maximum Gasteiger partial charge on any atom is 0.261 e. The van der Waals surface area contributed by atoms with Gasteiger partial charge in [0.2, 0.25) is 0 Å². The third-order valence-corrected chi connectivity index (χ3v) is 5.56. The molecule has 1 amide bonds. The smallest absolute Gasteiger partial charge is 0.261 e. The zero-order valence-corrected chi connectivity index (χ0v) is 15.3. The van der Waals surface area contributed by atoms with Gasteiger partial charge in [0.15, 0.2) is 0 Å². The van der Waals surface area contributed by atoms with E-state index < -0.39 is 10.0 Å². The molecule has 0 aliphatic carbocycles. The fourth-order valence-electron chi connectivity index (χ4n) is 2.70. The zero-order chi connectivity index (χ0) is 18.6. The second kappa shape index (κ2) is 7.76. The van der Waals surface area contributed by atoms with E-state index in [-0.39, 0.29) is 10.8 Å². The summed E-state index contributed by atoms with van der Waals surface area (Å²) in [6.07, 6.45) is 0. The van der Waals surface area contributed by atoms with Crippen molar-refractivity contribution in [2.24, 2.45) is 0 Å². The summed E-state index contributed by atoms with van der Waals surface area (Å²) in [5, 5.41) is 3.19. The van der Waals surface area contributed by atoms with Gasteiger partial charge in [-0.25, -0.2) is 8.42 Å². The van der Waals surface area contributed by atoms with Crippen LogP contribution in [0, 0.1) is 0 Å². The van der Waals surface area contributed by atoms with Crippen molar-refractivity contribution in [2.75, 3.05) is 38.0 Å². The maximum absolute atomic E-state index is 12.5. The van der Waals surface area contributed by atoms with E-state index in [9.17, 15) is 13.2 Å². The van der Waals surface area contributed by atoms with Crippen LogP contribution in [0.2, 0.25) is 0 Å². The van der Waals surface area contributed by atoms with Crippen LogP contribution < -0.4 is 14.8 Å². The van der Waals surface area contributed by atoms with Gasteiger partial charge in [0.25, 0.3) is 15.9 Å². The number of benzene rings is 2. The lowest BCUT2D eigenvalue weighted by Gasteiger charge is -2.27. The number of methoxy groups -OCH3 is 1. The molecule has 1 heterocycles. The molecule has 1 saturated heterocycles. The van der Waals surface area contributed by atoms with Crippen molar-refractivity contribution in [2.45, 2.75) is 4.90 Å². The first-order valence-corrected chi connectivity index (χ1v) is 9.75. The number of nitrogens with zero attached hydrogens (tertiary/aromatic N) is 1. The van der Waals surface area contributed by atoms with E-state index in [1.54, 1.807) is 48.4 Å². The third-order valence-electron chi connectivity index (χ3n) is 4.16. The Bertz CT molecular complexity index is 858. The monoisotopic (exact) mass is 375 g/mol. The molecule has 0 unspecified atom stereocenters. The Morgan fingerprint density at radius 3 is 2.23 bits per heavy atom. The molecular weight excluding hydrogens is 354 g/mol. The number of anilines is 1. The first-order valence-electron chi connectivity index (χ1n) is 8.26. The van der Waals surface area contributed by atoms with Crippen molar-refractivity contribution in [3.8, 4) is 5.75 Å². The predicted octanol–water partition coefficient (Wildman–Crippen LogP) is 1.54. The summed E-state index contributed by atoms with van der Waals surface area (Å²) < 4.78 is 32.5. The van der Waals surface area contributed by atoms with Crippen LogP contribution in [0.4, 0.5) is 5.69 Å². The Kier molecular flexibility index (Phi) is 5.43. The summed E-state index contributed by atoms with van der Waals surface area (Å²) in [6, 6.07) is 12.6. The van der Waals surface area contributed by atoms with Gasteiger partial charge in [-0.05, 0) is 48.5 Å². The highest BCUT2D eigenvalue weighted by atomic mass is 32.2. The van der Waals surface area contributed by atoms with E-state index in [1.807, 2.05) is 0 Å². The van der Waals surface area contributed by atoms with Crippen molar-refractivity contribution in [1.29, 1.82) is 0 Å². The third kappa shape index (κ3) is 4.14. The molecule has 0 spiro atoms. The number of sulfonamides is 1. The second-order valence-corrected chi connectivity index (χ2v) is 7.58. The Labute approximate surface area is 153 Å². The fourth-order valence-corrected chi connectivity index (χ4v) is 3.76. The number of ether oxygens (including phenoxy) is 1. The van der Waals surface area contributed by atoms with Crippen LogP contribution in [0.1, 0.15) is 10.4 Å². The average molecular weight is 375 g/mol. The minimum absolute atomic E-state index is 0.0847. The normalized spacial score (nSPS) is 14.7. The molecule has 0 atom stereocenters. The van der Waals surface area contributed by atoms with Gasteiger partial charge in [-0.15, -0.1) is 0 Å². The lowest BCUT2D eigenvalue weighted by molar-refractivity contribution is 0.0735. The van der Waals surface area contributed by atoms with Crippen molar-refractivity contribution >= 4 is 21.6 Å². The molecule has 2 N–H and O–H groups in total. The van der Waals surface area contributed by atoms with Gasteiger partial charge in [-0.1, -0.05) is 0 Å². The molecule has 8 heteroatoms. The molecule has 1 fully saturated rings. The Balaban J connectivity index is 1.72. The van der Waals surface area contributed by atoms with Crippen molar-refractivity contribution in [3.05, 3.63) is 54.1 Å². The van der Waals surface area contributed by atoms with Crippen LogP contribution in [0.15, 0.2) is 53.4 Å². The number of rotatable bonds is 5. The molecule has 0 saturated carbocycles. The summed E-state index contributed by atoms with van der Waals surface area (Å²) in [6.45, 7) is 2.84. The van der Waals surface area contributed by atoms with Gasteiger partial charge >= 0.3 is 0 Å². The first-order chi connectivity index (χ1) is 12.5. The first kappa shape index (κ1) is 18.2. The standard InChI is InChI=1S/C18H21N3O4S/c1-25-16-6-4-15(5-7-16)20-26(23,24)17-8-2-14(3-9-17)18(22)21-12-10-19-11-13-21/h2-9,19-20H,10-13H2,1H3. The molecular formula is C18H21N3O4S. The molecule has 0 bridgehead atoms. The highest BCUT2D eigenvalue weighted by molar-refractivity contribution is 7.92. The molecule has 7 nitrogen and oxygen atoms in total. The van der Waals surface area contributed by atoms with Gasteiger partial charge in [0.05, 0.1) is 12.0 Å². The van der Waals surface area contributed by atoms with Crippen molar-refractivity contribution in [1.82, 2.24) is 10.2 Å². The number of hydrogen-bond acceptors (Lipinski definition) is 5. The van der Waals surface area contributed by atoms with E-state index >= 15 is 0 Å². The van der Waals surface area contributed by atoms with E-state index in [1.165, 1.54) is 12.1 Å². The molecule has 0 aromatic heterocycles. The second-order valence-electron chi connectivity index (χ2n) is 5.90. The average Bonchev–Trinajstić information content (AvgIpc) is 2.68. The van der Waals surface area contributed by atoms with Crippen molar-refractivity contribution in [3.63, 3.8) is 0 Å². The molecule has 26 heavy (non-hydrogen) atoms. The summed E-state index contributed by atoms with van der Waals surface area (Å²) in [4.78, 5) is 14.3. The van der Waals surface area contributed by atoms with Crippen LogP contribution >= 0.6 is 0 Å². The molecule has 138 valence electrons. The van der Waals surface area contributed by atoms with Crippen LogP contribution in [-0.2, 0) is 10.0 Å². The van der Waals surface area contributed by atoms with E-state index in [0.717, 1.165) is 13.1 Å². The van der Waals surface area contributed by atoms with Gasteiger partial charge in [-0.3, -0.25) is 9.52 Å². The number of nitrogens with one attached hydrogen (secondary N) is 2. The topological polar surface area (TPSA) is 87.7 Å². The summed E-state index contributed by atoms with van der Waals surface area (Å²) in [5.74, 6) is 0.558. The number of piperazine rings is 1. The minimum Gasteiger partial charge on any atom is -0.497 e. The van der Waals surface area contributed by atoms with E-state index in [4.69, 9.17) is 4.74 Å². The SMILES string of the molecule is COc1ccc(NS(=O)(=O)c2ccc(C(=O)N3CCNCC3)cc2)cc1. The van der Waals surface area contributed by atoms with Crippen LogP contribution in [0.25, 0.3) is 0 Å². The van der Waals surface area contributed by atoms with Crippen molar-refractivity contribution < 1.29 is 17.9 Å². The fraction of sp³-hybridized carbons (Fsp3) is 0.278. The zero-order valence-electron chi connectivity index (χ0n) is 14.4. The predicted molar refractivity (Wildman–Crippen MR) is 99.0 cm³/mol. The van der Waals surface area contributed by atoms with Crippen LogP contribution in [0.3, 0.4) is 0 Å². The number of carbonyl (C=O) groups is 1. The van der Waals surface area contributed by atoms with Crippen LogP contribution in [-0.4, -0.2) is 52.5 Å². The molecule has 2 aromatic rings. The highest BCUT2D eigenvalue weighted by Gasteiger charge is 2.19. The van der Waals surface area contributed by atoms with Crippen LogP contribution in [0.5, 0.6) is 5.75 Å². The molecule has 1 aliphatic heterocycles. The lowest BCUT2D eigenvalue weighted by Crippen LogP contribution is -2.46. The summed E-state index contributed by atoms with van der Waals surface area (Å²) >= 11 is 0. The Morgan fingerprint density at radius 2 is 1.65 bits per heavy atom. The molecule has 2 aromatic carbocycles. The highest BCUT2D eigenvalue weighted by Crippen LogP contribution is 2.20. The van der Waals surface area contributed by atoms with Gasteiger partial charge in [-0.2, -0.15) is 0 Å². The Hall–Kier alpha value is -2.58. The number of hydrogen-bond donors (Lipinski definition) is 2. The van der Waals surface area contributed by atoms with Gasteiger partial charge in [0.1, 0.15) is 5.75 Å². The maximum atomic E-state index is 12.5. The number of amides is 1. The molecule has 3 rings (SSSR count). The minimum atomic E-state index is -3.73. The quantitative estimate of drug-likeness (QED) is 0.828. The lowest BCUT2D eigenvalue weighted by atomic mass is 10.2. The summed E-state index contributed by atoms with van der Waals surface area (Å²) in [5.41, 5.74) is 0.919. The van der Waals surface area contributed by atoms with Gasteiger partial charge in [0, 0.05) is 37.4 Å². The van der Waals surface area contributed by atoms with Gasteiger partial charge < -0.3 is 15.0 Å². The number of carbonyl (C=O) groups excluding carboxylic acids is 1. The largest absolute Gasteiger partial charge is 0.497 e.